The number of hydrogen-bond acceptors (Lipinski definition) is 8. The lowest BCUT2D eigenvalue weighted by atomic mass is 10.0. The zero-order valence-corrected chi connectivity index (χ0v) is 20.8. The monoisotopic (exact) mass is 490 g/mol. The minimum Gasteiger partial charge on any atom is -0.492 e. The second-order valence-electron chi connectivity index (χ2n) is 8.12. The fourth-order valence-electron chi connectivity index (χ4n) is 3.70. The molecule has 182 valence electrons. The van der Waals surface area contributed by atoms with Gasteiger partial charge in [0.2, 0.25) is 5.13 Å². The summed E-state index contributed by atoms with van der Waals surface area (Å²) >= 11 is 1.38. The molecule has 1 aromatic heterocycles. The van der Waals surface area contributed by atoms with Crippen molar-refractivity contribution in [3.05, 3.63) is 59.5 Å². The molecule has 1 aliphatic rings. The normalized spacial score (nSPS) is 14.5. The SMILES string of the molecule is CCOc1ccccc1N/N=C1/C(=O)N(c2nc(-c3ccc(CCCCCN)cc3)cs2)N=C1C. The van der Waals surface area contributed by atoms with Gasteiger partial charge in [0.1, 0.15) is 5.75 Å². The Hall–Kier alpha value is -3.56. The summed E-state index contributed by atoms with van der Waals surface area (Å²) in [6.45, 7) is 4.96. The number of para-hydroxylation sites is 2. The highest BCUT2D eigenvalue weighted by Gasteiger charge is 2.32. The number of hydrazone groups is 2. The molecular weight excluding hydrogens is 460 g/mol. The molecule has 2 aromatic carbocycles. The van der Waals surface area contributed by atoms with Crippen LogP contribution >= 0.6 is 11.3 Å². The van der Waals surface area contributed by atoms with Gasteiger partial charge in [0.25, 0.3) is 0 Å². The van der Waals surface area contributed by atoms with Gasteiger partial charge in [-0.25, -0.2) is 4.98 Å². The number of ether oxygens (including phenoxy) is 1. The second-order valence-corrected chi connectivity index (χ2v) is 8.95. The number of benzene rings is 2. The molecule has 4 rings (SSSR count). The van der Waals surface area contributed by atoms with Crippen LogP contribution in [0.2, 0.25) is 0 Å². The summed E-state index contributed by atoms with van der Waals surface area (Å²) < 4.78 is 5.61. The topological polar surface area (TPSA) is 105 Å². The number of aromatic nitrogens is 1. The third-order valence-electron chi connectivity index (χ3n) is 5.56. The molecule has 0 fully saturated rings. The molecule has 1 aliphatic heterocycles. The average Bonchev–Trinajstić information content (AvgIpc) is 3.46. The van der Waals surface area contributed by atoms with Crippen LogP contribution in [0.3, 0.4) is 0 Å². The maximum absolute atomic E-state index is 13.1. The molecule has 3 N–H and O–H groups in total. The fourth-order valence-corrected chi connectivity index (χ4v) is 4.48. The van der Waals surface area contributed by atoms with Crippen LogP contribution in [-0.2, 0) is 11.2 Å². The van der Waals surface area contributed by atoms with Crippen LogP contribution in [0.5, 0.6) is 5.75 Å². The number of unbranched alkanes of at least 4 members (excludes halogenated alkanes) is 2. The van der Waals surface area contributed by atoms with E-state index in [0.717, 1.165) is 43.5 Å². The van der Waals surface area contributed by atoms with Crippen molar-refractivity contribution in [2.75, 3.05) is 23.6 Å². The van der Waals surface area contributed by atoms with Crippen LogP contribution in [0.4, 0.5) is 10.8 Å². The van der Waals surface area contributed by atoms with E-state index < -0.39 is 0 Å². The number of amides is 1. The molecule has 0 atom stereocenters. The molecule has 3 aromatic rings. The summed E-state index contributed by atoms with van der Waals surface area (Å²) in [6, 6.07) is 15.9. The standard InChI is InChI=1S/C26H30N6O2S/c1-3-34-23-11-7-6-10-21(23)29-30-24-18(2)31-32(25(24)33)26-28-22(17-35-26)20-14-12-19(13-15-20)9-5-4-8-16-27/h6-7,10-15,17,29H,3-5,8-9,16,27H2,1-2H3/b30-24+. The third-order valence-corrected chi connectivity index (χ3v) is 6.37. The van der Waals surface area contributed by atoms with E-state index >= 15 is 0 Å². The Labute approximate surface area is 209 Å². The molecule has 0 bridgehead atoms. The van der Waals surface area contributed by atoms with E-state index in [4.69, 9.17) is 10.5 Å². The van der Waals surface area contributed by atoms with Crippen LogP contribution in [0.1, 0.15) is 38.7 Å². The Morgan fingerprint density at radius 2 is 1.91 bits per heavy atom. The molecule has 0 saturated carbocycles. The molecule has 1 amide bonds. The Kier molecular flexibility index (Phi) is 8.23. The minimum atomic E-state index is -0.322. The van der Waals surface area contributed by atoms with Crippen molar-refractivity contribution in [2.24, 2.45) is 15.9 Å². The number of carbonyl (C=O) groups is 1. The minimum absolute atomic E-state index is 0.243. The molecule has 8 nitrogen and oxygen atoms in total. The van der Waals surface area contributed by atoms with Crippen LogP contribution in [0, 0.1) is 0 Å². The second kappa shape index (κ2) is 11.7. The Balaban J connectivity index is 1.43. The summed E-state index contributed by atoms with van der Waals surface area (Å²) in [5.41, 5.74) is 13.1. The fraction of sp³-hybridized carbons (Fsp3) is 0.308. The number of thiazole rings is 1. The quantitative estimate of drug-likeness (QED) is 0.288. The Morgan fingerprint density at radius 3 is 2.69 bits per heavy atom. The van der Waals surface area contributed by atoms with E-state index in [9.17, 15) is 4.79 Å². The summed E-state index contributed by atoms with van der Waals surface area (Å²) in [4.78, 5) is 17.7. The maximum Gasteiger partial charge on any atom is 0.303 e. The lowest BCUT2D eigenvalue weighted by molar-refractivity contribution is -0.112. The third kappa shape index (κ3) is 5.93. The average molecular weight is 491 g/mol. The molecule has 0 spiro atoms. The highest BCUT2D eigenvalue weighted by Crippen LogP contribution is 2.30. The van der Waals surface area contributed by atoms with Gasteiger partial charge in [-0.15, -0.1) is 11.3 Å². The van der Waals surface area contributed by atoms with Crippen molar-refractivity contribution >= 4 is 39.5 Å². The van der Waals surface area contributed by atoms with Gasteiger partial charge >= 0.3 is 5.91 Å². The lowest BCUT2D eigenvalue weighted by Gasteiger charge is -2.09. The van der Waals surface area contributed by atoms with Crippen LogP contribution in [-0.4, -0.2) is 35.5 Å². The number of nitrogens with two attached hydrogens (primary N) is 1. The molecule has 9 heteroatoms. The van der Waals surface area contributed by atoms with Gasteiger partial charge in [-0.05, 0) is 57.4 Å². The van der Waals surface area contributed by atoms with Crippen molar-refractivity contribution in [1.29, 1.82) is 0 Å². The van der Waals surface area contributed by atoms with E-state index in [1.54, 1.807) is 6.92 Å². The first kappa shape index (κ1) is 24.6. The molecule has 0 saturated heterocycles. The van der Waals surface area contributed by atoms with Crippen LogP contribution in [0.15, 0.2) is 64.1 Å². The number of anilines is 2. The van der Waals surface area contributed by atoms with Gasteiger partial charge in [0, 0.05) is 10.9 Å². The van der Waals surface area contributed by atoms with Gasteiger partial charge in [0.15, 0.2) is 5.71 Å². The highest BCUT2D eigenvalue weighted by atomic mass is 32.1. The zero-order valence-electron chi connectivity index (χ0n) is 20.0. The summed E-state index contributed by atoms with van der Waals surface area (Å²) in [6.07, 6.45) is 4.41. The van der Waals surface area contributed by atoms with Gasteiger partial charge in [-0.2, -0.15) is 15.2 Å². The number of aryl methyl sites for hydroxylation is 1. The lowest BCUT2D eigenvalue weighted by Crippen LogP contribution is -2.27. The largest absolute Gasteiger partial charge is 0.492 e. The van der Waals surface area contributed by atoms with E-state index in [1.807, 2.05) is 36.6 Å². The number of hydrogen-bond donors (Lipinski definition) is 2. The Morgan fingerprint density at radius 1 is 1.11 bits per heavy atom. The number of nitrogens with one attached hydrogen (secondary N) is 1. The molecular formula is C26H30N6O2S. The van der Waals surface area contributed by atoms with Crippen molar-refractivity contribution in [1.82, 2.24) is 4.98 Å². The van der Waals surface area contributed by atoms with Crippen molar-refractivity contribution in [3.8, 4) is 17.0 Å². The summed E-state index contributed by atoms with van der Waals surface area (Å²) in [5, 5.41) is 12.5. The van der Waals surface area contributed by atoms with Crippen LogP contribution in [0.25, 0.3) is 11.3 Å². The van der Waals surface area contributed by atoms with E-state index in [1.165, 1.54) is 21.9 Å². The van der Waals surface area contributed by atoms with Gasteiger partial charge < -0.3 is 10.5 Å². The summed E-state index contributed by atoms with van der Waals surface area (Å²) in [7, 11) is 0. The van der Waals surface area contributed by atoms with E-state index in [2.05, 4.69) is 44.9 Å². The van der Waals surface area contributed by atoms with Gasteiger partial charge in [0.05, 0.1) is 23.7 Å². The highest BCUT2D eigenvalue weighted by molar-refractivity contribution is 7.14. The first-order chi connectivity index (χ1) is 17.1. The molecule has 0 radical (unpaired) electrons. The zero-order chi connectivity index (χ0) is 24.6. The van der Waals surface area contributed by atoms with E-state index in [0.29, 0.717) is 28.9 Å². The molecule has 0 unspecified atom stereocenters. The number of carbonyl (C=O) groups excluding carboxylic acids is 1. The van der Waals surface area contributed by atoms with E-state index in [-0.39, 0.29) is 11.6 Å². The molecule has 35 heavy (non-hydrogen) atoms. The number of rotatable bonds is 11. The molecule has 0 aliphatic carbocycles. The predicted octanol–water partition coefficient (Wildman–Crippen LogP) is 5.07. The van der Waals surface area contributed by atoms with Crippen molar-refractivity contribution < 1.29 is 9.53 Å². The smallest absolute Gasteiger partial charge is 0.303 e. The van der Waals surface area contributed by atoms with Gasteiger partial charge in [-0.3, -0.25) is 10.2 Å². The van der Waals surface area contributed by atoms with Crippen LogP contribution < -0.4 is 20.9 Å². The predicted molar refractivity (Wildman–Crippen MR) is 143 cm³/mol. The first-order valence-electron chi connectivity index (χ1n) is 11.8. The first-order valence-corrected chi connectivity index (χ1v) is 12.7. The van der Waals surface area contributed by atoms with Gasteiger partial charge in [-0.1, -0.05) is 42.8 Å². The van der Waals surface area contributed by atoms with Crippen molar-refractivity contribution in [2.45, 2.75) is 39.5 Å². The van der Waals surface area contributed by atoms with Crippen molar-refractivity contribution in [3.63, 3.8) is 0 Å². The summed E-state index contributed by atoms with van der Waals surface area (Å²) in [5.74, 6) is 0.347. The Bertz CT molecular complexity index is 1220. The molecule has 2 heterocycles. The maximum atomic E-state index is 13.1. The number of nitrogens with zero attached hydrogens (tertiary/aromatic N) is 4.